The van der Waals surface area contributed by atoms with Gasteiger partial charge in [-0.15, -0.1) is 5.10 Å². The summed E-state index contributed by atoms with van der Waals surface area (Å²) in [5.74, 6) is -0.148. The highest BCUT2D eigenvalue weighted by atomic mass is 16.3. The Morgan fingerprint density at radius 1 is 1.30 bits per heavy atom. The van der Waals surface area contributed by atoms with E-state index in [0.717, 1.165) is 11.1 Å². The first-order valence-electron chi connectivity index (χ1n) is 6.25. The van der Waals surface area contributed by atoms with Crippen molar-refractivity contribution in [1.82, 2.24) is 20.3 Å². The second-order valence-corrected chi connectivity index (χ2v) is 4.36. The Hall–Kier alpha value is -2.25. The summed E-state index contributed by atoms with van der Waals surface area (Å²) in [5.41, 5.74) is 7.88. The Balaban J connectivity index is 1.82. The minimum atomic E-state index is -0.148. The van der Waals surface area contributed by atoms with Crippen molar-refractivity contribution in [3.8, 4) is 0 Å². The molecule has 0 fully saturated rings. The van der Waals surface area contributed by atoms with E-state index in [0.29, 0.717) is 18.8 Å². The van der Waals surface area contributed by atoms with Crippen molar-refractivity contribution in [2.24, 2.45) is 5.73 Å². The summed E-state index contributed by atoms with van der Waals surface area (Å²) in [6.45, 7) is 0.867. The summed E-state index contributed by atoms with van der Waals surface area (Å²) in [7, 11) is 0. The third-order valence-electron chi connectivity index (χ3n) is 2.80. The van der Waals surface area contributed by atoms with Crippen LogP contribution in [0.2, 0.25) is 0 Å². The first-order valence-corrected chi connectivity index (χ1v) is 6.25. The van der Waals surface area contributed by atoms with Gasteiger partial charge in [0.1, 0.15) is 6.54 Å². The maximum atomic E-state index is 11.7. The molecule has 0 spiro atoms. The molecule has 2 aromatic rings. The van der Waals surface area contributed by atoms with Crippen LogP contribution in [-0.4, -0.2) is 26.0 Å². The lowest BCUT2D eigenvalue weighted by Crippen LogP contribution is -2.27. The second kappa shape index (κ2) is 6.78. The van der Waals surface area contributed by atoms with Crippen LogP contribution in [0.15, 0.2) is 30.5 Å². The molecule has 0 saturated heterocycles. The number of rotatable bonds is 6. The average Bonchev–Trinajstić information content (AvgIpc) is 2.93. The molecule has 0 aliphatic rings. The zero-order valence-electron chi connectivity index (χ0n) is 11.0. The van der Waals surface area contributed by atoms with Gasteiger partial charge in [-0.1, -0.05) is 29.5 Å². The predicted molar refractivity (Wildman–Crippen MR) is 72.1 cm³/mol. The Kier molecular flexibility index (Phi) is 4.80. The zero-order chi connectivity index (χ0) is 14.4. The monoisotopic (exact) mass is 275 g/mol. The van der Waals surface area contributed by atoms with Gasteiger partial charge in [-0.25, -0.2) is 4.68 Å². The highest BCUT2D eigenvalue weighted by molar-refractivity contribution is 5.75. The molecule has 0 unspecified atom stereocenters. The van der Waals surface area contributed by atoms with Crippen LogP contribution in [0, 0.1) is 0 Å². The molecular formula is C13H17N5O2. The summed E-state index contributed by atoms with van der Waals surface area (Å²) in [6.07, 6.45) is 1.65. The third-order valence-corrected chi connectivity index (χ3v) is 2.80. The maximum absolute atomic E-state index is 11.7. The molecule has 20 heavy (non-hydrogen) atoms. The van der Waals surface area contributed by atoms with Gasteiger partial charge in [-0.3, -0.25) is 4.79 Å². The first kappa shape index (κ1) is 14.2. The van der Waals surface area contributed by atoms with Crippen molar-refractivity contribution >= 4 is 5.91 Å². The van der Waals surface area contributed by atoms with E-state index in [1.165, 1.54) is 4.68 Å². The summed E-state index contributed by atoms with van der Waals surface area (Å²) in [6, 6.07) is 7.39. The van der Waals surface area contributed by atoms with Gasteiger partial charge in [0.05, 0.1) is 18.5 Å². The highest BCUT2D eigenvalue weighted by Gasteiger charge is 2.05. The molecule has 1 aromatic heterocycles. The van der Waals surface area contributed by atoms with Crippen LogP contribution in [0.25, 0.3) is 0 Å². The predicted octanol–water partition coefficient (Wildman–Crippen LogP) is -0.455. The Bertz CT molecular complexity index is 564. The minimum Gasteiger partial charge on any atom is -0.392 e. The maximum Gasteiger partial charge on any atom is 0.242 e. The summed E-state index contributed by atoms with van der Waals surface area (Å²) in [4.78, 5) is 11.7. The number of carbonyl (C=O) groups excluding carboxylic acids is 1. The molecule has 4 N–H and O–H groups in total. The van der Waals surface area contributed by atoms with Crippen molar-refractivity contribution in [3.05, 3.63) is 47.3 Å². The SMILES string of the molecule is NCc1cn(CC(=O)NCc2ccc(CO)cc2)nn1. The fourth-order valence-electron chi connectivity index (χ4n) is 1.68. The smallest absolute Gasteiger partial charge is 0.242 e. The molecule has 2 rings (SSSR count). The lowest BCUT2D eigenvalue weighted by atomic mass is 10.1. The van der Waals surface area contributed by atoms with Gasteiger partial charge >= 0.3 is 0 Å². The molecule has 7 heteroatoms. The summed E-state index contributed by atoms with van der Waals surface area (Å²) >= 11 is 0. The Labute approximate surface area is 116 Å². The average molecular weight is 275 g/mol. The van der Waals surface area contributed by atoms with Gasteiger partial charge < -0.3 is 16.2 Å². The molecule has 7 nitrogen and oxygen atoms in total. The van der Waals surface area contributed by atoms with Crippen molar-refractivity contribution in [1.29, 1.82) is 0 Å². The van der Waals surface area contributed by atoms with Crippen LogP contribution in [0.4, 0.5) is 0 Å². The van der Waals surface area contributed by atoms with Crippen molar-refractivity contribution in [2.45, 2.75) is 26.2 Å². The fraction of sp³-hybridized carbons (Fsp3) is 0.308. The fourth-order valence-corrected chi connectivity index (χ4v) is 1.68. The van der Waals surface area contributed by atoms with Crippen molar-refractivity contribution in [3.63, 3.8) is 0 Å². The molecule has 106 valence electrons. The molecule has 0 saturated carbocycles. The van der Waals surface area contributed by atoms with E-state index < -0.39 is 0 Å². The number of aliphatic hydroxyl groups is 1. The molecule has 1 amide bonds. The van der Waals surface area contributed by atoms with Crippen LogP contribution in [0.5, 0.6) is 0 Å². The quantitative estimate of drug-likeness (QED) is 0.662. The van der Waals surface area contributed by atoms with Crippen molar-refractivity contribution < 1.29 is 9.90 Å². The first-order chi connectivity index (χ1) is 9.71. The van der Waals surface area contributed by atoms with Crippen molar-refractivity contribution in [2.75, 3.05) is 0 Å². The Morgan fingerprint density at radius 2 is 2.00 bits per heavy atom. The molecular weight excluding hydrogens is 258 g/mol. The number of hydrogen-bond acceptors (Lipinski definition) is 5. The molecule has 1 aromatic carbocycles. The molecule has 0 atom stereocenters. The van der Waals surface area contributed by atoms with Gasteiger partial charge in [-0.2, -0.15) is 0 Å². The number of nitrogens with one attached hydrogen (secondary N) is 1. The van der Waals surface area contributed by atoms with E-state index in [1.54, 1.807) is 6.20 Å². The van der Waals surface area contributed by atoms with Gasteiger partial charge in [0, 0.05) is 13.1 Å². The zero-order valence-corrected chi connectivity index (χ0v) is 11.0. The molecule has 0 radical (unpaired) electrons. The molecule has 1 heterocycles. The number of carbonyl (C=O) groups is 1. The van der Waals surface area contributed by atoms with E-state index in [1.807, 2.05) is 24.3 Å². The molecule has 0 aliphatic heterocycles. The van der Waals surface area contributed by atoms with Crippen LogP contribution in [0.1, 0.15) is 16.8 Å². The normalized spacial score (nSPS) is 10.5. The third kappa shape index (κ3) is 3.87. The number of aromatic nitrogens is 3. The molecule has 0 bridgehead atoms. The number of benzene rings is 1. The number of aliphatic hydroxyl groups excluding tert-OH is 1. The summed E-state index contributed by atoms with van der Waals surface area (Å²) < 4.78 is 1.45. The van der Waals surface area contributed by atoms with Gasteiger partial charge in [0.25, 0.3) is 0 Å². The van der Waals surface area contributed by atoms with E-state index in [9.17, 15) is 4.79 Å². The second-order valence-electron chi connectivity index (χ2n) is 4.36. The number of hydrogen-bond donors (Lipinski definition) is 3. The van der Waals surface area contributed by atoms with Crippen LogP contribution < -0.4 is 11.1 Å². The number of amides is 1. The number of nitrogens with two attached hydrogens (primary N) is 1. The molecule has 0 aliphatic carbocycles. The lowest BCUT2D eigenvalue weighted by molar-refractivity contribution is -0.122. The minimum absolute atomic E-state index is 0.0163. The number of nitrogens with zero attached hydrogens (tertiary/aromatic N) is 3. The van der Waals surface area contributed by atoms with E-state index in [2.05, 4.69) is 15.6 Å². The van der Waals surface area contributed by atoms with Crippen LogP contribution in [-0.2, 0) is 31.0 Å². The highest BCUT2D eigenvalue weighted by Crippen LogP contribution is 2.04. The standard InChI is InChI=1S/C13H17N5O2/c14-5-12-7-18(17-16-12)8-13(20)15-6-10-1-3-11(9-19)4-2-10/h1-4,7,19H,5-6,8-9,14H2,(H,15,20). The van der Waals surface area contributed by atoms with Crippen LogP contribution >= 0.6 is 0 Å². The largest absolute Gasteiger partial charge is 0.392 e. The van der Waals surface area contributed by atoms with Gasteiger partial charge in [0.15, 0.2) is 0 Å². The lowest BCUT2D eigenvalue weighted by Gasteiger charge is -2.05. The van der Waals surface area contributed by atoms with Gasteiger partial charge in [0.2, 0.25) is 5.91 Å². The summed E-state index contributed by atoms with van der Waals surface area (Å²) in [5, 5.41) is 19.3. The van der Waals surface area contributed by atoms with E-state index in [4.69, 9.17) is 10.8 Å². The van der Waals surface area contributed by atoms with E-state index >= 15 is 0 Å². The Morgan fingerprint density at radius 3 is 2.60 bits per heavy atom. The van der Waals surface area contributed by atoms with E-state index in [-0.39, 0.29) is 19.1 Å². The van der Waals surface area contributed by atoms with Gasteiger partial charge in [-0.05, 0) is 11.1 Å². The topological polar surface area (TPSA) is 106 Å². The van der Waals surface area contributed by atoms with Crippen LogP contribution in [0.3, 0.4) is 0 Å².